The Morgan fingerprint density at radius 3 is 2.83 bits per heavy atom. The van der Waals surface area contributed by atoms with Crippen molar-refractivity contribution >= 4 is 16.7 Å². The number of amides is 1. The summed E-state index contributed by atoms with van der Waals surface area (Å²) in [4.78, 5) is 12.0. The van der Waals surface area contributed by atoms with E-state index in [0.29, 0.717) is 11.5 Å². The van der Waals surface area contributed by atoms with E-state index in [1.165, 1.54) is 18.9 Å². The Hall–Kier alpha value is -2.03. The summed E-state index contributed by atoms with van der Waals surface area (Å²) >= 11 is 0. The molecule has 1 aliphatic rings. The zero-order chi connectivity index (χ0) is 12.5. The SMILES string of the molecule is O=C(NCC1CC1)c1cc(O)c2ccccc2c1. The van der Waals surface area contributed by atoms with Crippen LogP contribution < -0.4 is 5.32 Å². The van der Waals surface area contributed by atoms with E-state index in [0.717, 1.165) is 17.3 Å². The average Bonchev–Trinajstić information content (AvgIpc) is 3.20. The van der Waals surface area contributed by atoms with Crippen molar-refractivity contribution in [3.63, 3.8) is 0 Å². The number of phenolic OH excluding ortho intramolecular Hbond substituents is 1. The number of phenols is 1. The Morgan fingerprint density at radius 2 is 2.06 bits per heavy atom. The van der Waals surface area contributed by atoms with E-state index in [1.54, 1.807) is 0 Å². The normalized spacial score (nSPS) is 14.7. The zero-order valence-corrected chi connectivity index (χ0v) is 10.0. The highest BCUT2D eigenvalue weighted by atomic mass is 16.3. The van der Waals surface area contributed by atoms with Crippen LogP contribution in [0.4, 0.5) is 0 Å². The van der Waals surface area contributed by atoms with Crippen LogP contribution >= 0.6 is 0 Å². The number of aromatic hydroxyl groups is 1. The Kier molecular flexibility index (Phi) is 2.67. The van der Waals surface area contributed by atoms with Gasteiger partial charge in [-0.15, -0.1) is 0 Å². The van der Waals surface area contributed by atoms with Gasteiger partial charge in [-0.3, -0.25) is 4.79 Å². The van der Waals surface area contributed by atoms with E-state index >= 15 is 0 Å². The highest BCUT2D eigenvalue weighted by molar-refractivity contribution is 6.00. The van der Waals surface area contributed by atoms with E-state index in [4.69, 9.17) is 0 Å². The lowest BCUT2D eigenvalue weighted by Crippen LogP contribution is -2.25. The van der Waals surface area contributed by atoms with Crippen molar-refractivity contribution in [3.05, 3.63) is 42.0 Å². The topological polar surface area (TPSA) is 49.3 Å². The quantitative estimate of drug-likeness (QED) is 0.868. The van der Waals surface area contributed by atoms with Gasteiger partial charge >= 0.3 is 0 Å². The Morgan fingerprint density at radius 1 is 1.28 bits per heavy atom. The van der Waals surface area contributed by atoms with Gasteiger partial charge in [-0.1, -0.05) is 24.3 Å². The molecule has 92 valence electrons. The van der Waals surface area contributed by atoms with Gasteiger partial charge in [0.1, 0.15) is 5.75 Å². The molecule has 3 nitrogen and oxygen atoms in total. The van der Waals surface area contributed by atoms with Crippen molar-refractivity contribution in [2.24, 2.45) is 5.92 Å². The van der Waals surface area contributed by atoms with Crippen LogP contribution in [0, 0.1) is 5.92 Å². The molecule has 1 saturated carbocycles. The number of benzene rings is 2. The number of rotatable bonds is 3. The zero-order valence-electron chi connectivity index (χ0n) is 10.0. The molecule has 1 fully saturated rings. The van der Waals surface area contributed by atoms with Crippen LogP contribution in [-0.2, 0) is 0 Å². The van der Waals surface area contributed by atoms with Gasteiger partial charge in [0.25, 0.3) is 5.91 Å². The molecule has 0 radical (unpaired) electrons. The monoisotopic (exact) mass is 241 g/mol. The van der Waals surface area contributed by atoms with Crippen LogP contribution in [0.3, 0.4) is 0 Å². The fourth-order valence-corrected chi connectivity index (χ4v) is 2.08. The summed E-state index contributed by atoms with van der Waals surface area (Å²) in [6, 6.07) is 10.9. The maximum atomic E-state index is 12.0. The molecule has 0 aromatic heterocycles. The third-order valence-corrected chi connectivity index (χ3v) is 3.35. The van der Waals surface area contributed by atoms with Crippen molar-refractivity contribution < 1.29 is 9.90 Å². The maximum Gasteiger partial charge on any atom is 0.251 e. The third kappa shape index (κ3) is 2.16. The van der Waals surface area contributed by atoms with Gasteiger partial charge in [0.15, 0.2) is 0 Å². The number of hydrogen-bond donors (Lipinski definition) is 2. The van der Waals surface area contributed by atoms with E-state index < -0.39 is 0 Å². The van der Waals surface area contributed by atoms with E-state index in [1.807, 2.05) is 30.3 Å². The smallest absolute Gasteiger partial charge is 0.251 e. The van der Waals surface area contributed by atoms with Gasteiger partial charge in [-0.2, -0.15) is 0 Å². The molecule has 2 aromatic carbocycles. The van der Waals surface area contributed by atoms with Crippen molar-refractivity contribution in [1.82, 2.24) is 5.32 Å². The summed E-state index contributed by atoms with van der Waals surface area (Å²) in [5.41, 5.74) is 0.520. The molecule has 2 aromatic rings. The number of carbonyl (C=O) groups excluding carboxylic acids is 1. The molecule has 0 saturated heterocycles. The minimum atomic E-state index is -0.108. The minimum absolute atomic E-state index is 0.108. The summed E-state index contributed by atoms with van der Waals surface area (Å²) in [6.07, 6.45) is 2.42. The Bertz CT molecular complexity index is 602. The van der Waals surface area contributed by atoms with E-state index in [2.05, 4.69) is 5.32 Å². The highest BCUT2D eigenvalue weighted by Crippen LogP contribution is 2.28. The lowest BCUT2D eigenvalue weighted by molar-refractivity contribution is 0.0951. The van der Waals surface area contributed by atoms with Crippen LogP contribution in [0.1, 0.15) is 23.2 Å². The summed E-state index contributed by atoms with van der Waals surface area (Å²) < 4.78 is 0. The molecule has 0 bridgehead atoms. The lowest BCUT2D eigenvalue weighted by atomic mass is 10.1. The van der Waals surface area contributed by atoms with Crippen molar-refractivity contribution in [3.8, 4) is 5.75 Å². The van der Waals surface area contributed by atoms with Crippen LogP contribution in [-0.4, -0.2) is 17.6 Å². The second-order valence-corrected chi connectivity index (χ2v) is 4.87. The first-order valence-electron chi connectivity index (χ1n) is 6.24. The molecule has 0 unspecified atom stereocenters. The summed E-state index contributed by atoms with van der Waals surface area (Å²) in [5, 5.41) is 14.5. The number of hydrogen-bond acceptors (Lipinski definition) is 2. The second kappa shape index (κ2) is 4.33. The molecule has 1 aliphatic carbocycles. The number of carbonyl (C=O) groups is 1. The fraction of sp³-hybridized carbons (Fsp3) is 0.267. The van der Waals surface area contributed by atoms with Gasteiger partial charge in [0, 0.05) is 17.5 Å². The van der Waals surface area contributed by atoms with E-state index in [-0.39, 0.29) is 11.7 Å². The molecule has 0 spiro atoms. The third-order valence-electron chi connectivity index (χ3n) is 3.35. The maximum absolute atomic E-state index is 12.0. The van der Waals surface area contributed by atoms with Crippen LogP contribution in [0.15, 0.2) is 36.4 Å². The highest BCUT2D eigenvalue weighted by Gasteiger charge is 2.22. The first kappa shape index (κ1) is 11.1. The molecule has 1 amide bonds. The summed E-state index contributed by atoms with van der Waals surface area (Å²) in [6.45, 7) is 0.742. The van der Waals surface area contributed by atoms with Gasteiger partial charge < -0.3 is 10.4 Å². The Labute approximate surface area is 105 Å². The summed E-state index contributed by atoms with van der Waals surface area (Å²) in [5.74, 6) is 0.704. The van der Waals surface area contributed by atoms with Crippen LogP contribution in [0.25, 0.3) is 10.8 Å². The van der Waals surface area contributed by atoms with Crippen LogP contribution in [0.2, 0.25) is 0 Å². The molecule has 2 N–H and O–H groups in total. The lowest BCUT2D eigenvalue weighted by Gasteiger charge is -2.07. The number of nitrogens with one attached hydrogen (secondary N) is 1. The molecule has 0 heterocycles. The van der Waals surface area contributed by atoms with Crippen molar-refractivity contribution in [2.75, 3.05) is 6.54 Å². The van der Waals surface area contributed by atoms with Crippen molar-refractivity contribution in [2.45, 2.75) is 12.8 Å². The second-order valence-electron chi connectivity index (χ2n) is 4.87. The van der Waals surface area contributed by atoms with Gasteiger partial charge in [-0.05, 0) is 36.3 Å². The van der Waals surface area contributed by atoms with E-state index in [9.17, 15) is 9.90 Å². The largest absolute Gasteiger partial charge is 0.507 e. The molecular weight excluding hydrogens is 226 g/mol. The summed E-state index contributed by atoms with van der Waals surface area (Å²) in [7, 11) is 0. The molecular formula is C15H15NO2. The molecule has 18 heavy (non-hydrogen) atoms. The average molecular weight is 241 g/mol. The minimum Gasteiger partial charge on any atom is -0.507 e. The Balaban J connectivity index is 1.88. The molecule has 0 atom stereocenters. The van der Waals surface area contributed by atoms with Gasteiger partial charge in [0.2, 0.25) is 0 Å². The first-order chi connectivity index (χ1) is 8.74. The van der Waals surface area contributed by atoms with Crippen molar-refractivity contribution in [1.29, 1.82) is 0 Å². The first-order valence-corrected chi connectivity index (χ1v) is 6.24. The predicted octanol–water partition coefficient (Wildman–Crippen LogP) is 2.69. The molecule has 3 rings (SSSR count). The number of fused-ring (bicyclic) bond motifs is 1. The standard InChI is InChI=1S/C15H15NO2/c17-14-8-12(15(18)16-9-10-5-6-10)7-11-3-1-2-4-13(11)14/h1-4,7-8,10,17H,5-6,9H2,(H,16,18). The fourth-order valence-electron chi connectivity index (χ4n) is 2.08. The predicted molar refractivity (Wildman–Crippen MR) is 70.7 cm³/mol. The molecule has 3 heteroatoms. The van der Waals surface area contributed by atoms with Crippen LogP contribution in [0.5, 0.6) is 5.75 Å². The van der Waals surface area contributed by atoms with Gasteiger partial charge in [0.05, 0.1) is 0 Å². The molecule has 0 aliphatic heterocycles. The van der Waals surface area contributed by atoms with Gasteiger partial charge in [-0.25, -0.2) is 0 Å².